The second-order valence-corrected chi connectivity index (χ2v) is 7.72. The van der Waals surface area contributed by atoms with E-state index in [1.54, 1.807) is 19.6 Å². The Morgan fingerprint density at radius 3 is 2.83 bits per heavy atom. The van der Waals surface area contributed by atoms with E-state index in [0.717, 1.165) is 37.1 Å². The molecule has 2 atom stereocenters. The second kappa shape index (κ2) is 10.8. The van der Waals surface area contributed by atoms with Crippen molar-refractivity contribution < 1.29 is 14.3 Å². The second-order valence-electron chi connectivity index (χ2n) is 7.72. The van der Waals surface area contributed by atoms with Crippen LogP contribution in [0.3, 0.4) is 0 Å². The zero-order valence-electron chi connectivity index (χ0n) is 17.9. The number of amides is 2. The molecule has 0 spiro atoms. The molecular weight excluding hydrogens is 380 g/mol. The highest BCUT2D eigenvalue weighted by Crippen LogP contribution is 2.40. The van der Waals surface area contributed by atoms with Gasteiger partial charge in [-0.2, -0.15) is 0 Å². The number of para-hydroxylation sites is 1. The van der Waals surface area contributed by atoms with Gasteiger partial charge >= 0.3 is 0 Å². The van der Waals surface area contributed by atoms with Gasteiger partial charge in [0.25, 0.3) is 0 Å². The van der Waals surface area contributed by atoms with Crippen molar-refractivity contribution in [2.45, 2.75) is 51.6 Å². The monoisotopic (exact) mass is 412 g/mol. The molecule has 30 heavy (non-hydrogen) atoms. The summed E-state index contributed by atoms with van der Waals surface area (Å²) in [6.07, 6.45) is 9.13. The fraction of sp³-hybridized carbons (Fsp3) is 0.522. The van der Waals surface area contributed by atoms with Crippen LogP contribution in [-0.4, -0.2) is 46.5 Å². The van der Waals surface area contributed by atoms with E-state index >= 15 is 0 Å². The van der Waals surface area contributed by atoms with E-state index in [4.69, 9.17) is 4.74 Å². The Morgan fingerprint density at radius 2 is 2.10 bits per heavy atom. The maximum atomic E-state index is 13.2. The molecule has 0 radical (unpaired) electrons. The summed E-state index contributed by atoms with van der Waals surface area (Å²) in [6.45, 7) is 4.16. The van der Waals surface area contributed by atoms with E-state index in [2.05, 4.69) is 17.2 Å². The van der Waals surface area contributed by atoms with Crippen molar-refractivity contribution in [2.24, 2.45) is 5.92 Å². The zero-order valence-corrected chi connectivity index (χ0v) is 17.9. The van der Waals surface area contributed by atoms with Crippen LogP contribution in [-0.2, 0) is 16.1 Å². The van der Waals surface area contributed by atoms with Crippen LogP contribution in [0.4, 0.5) is 0 Å². The largest absolute Gasteiger partial charge is 0.496 e. The van der Waals surface area contributed by atoms with Crippen LogP contribution < -0.4 is 10.1 Å². The van der Waals surface area contributed by atoms with Gasteiger partial charge in [0.15, 0.2) is 0 Å². The van der Waals surface area contributed by atoms with Gasteiger partial charge in [0.2, 0.25) is 11.8 Å². The van der Waals surface area contributed by atoms with Crippen LogP contribution in [0.25, 0.3) is 0 Å². The number of nitrogens with one attached hydrogen (secondary N) is 1. The molecule has 0 saturated carbocycles. The maximum Gasteiger partial charge on any atom is 0.225 e. The van der Waals surface area contributed by atoms with Gasteiger partial charge in [0.1, 0.15) is 5.75 Å². The van der Waals surface area contributed by atoms with Crippen molar-refractivity contribution >= 4 is 11.8 Å². The molecule has 2 heterocycles. The molecule has 0 aliphatic carbocycles. The van der Waals surface area contributed by atoms with Crippen LogP contribution in [0, 0.1) is 5.92 Å². The first-order valence-corrected chi connectivity index (χ1v) is 10.8. The van der Waals surface area contributed by atoms with Gasteiger partial charge in [0.05, 0.1) is 25.4 Å². The molecule has 2 amide bonds. The number of hydrogen-bond donors (Lipinski definition) is 1. The minimum Gasteiger partial charge on any atom is -0.496 e. The fourth-order valence-corrected chi connectivity index (χ4v) is 4.14. The van der Waals surface area contributed by atoms with Crippen molar-refractivity contribution in [1.29, 1.82) is 0 Å². The summed E-state index contributed by atoms with van der Waals surface area (Å²) in [5, 5.41) is 3.09. The smallest absolute Gasteiger partial charge is 0.225 e. The number of aromatic nitrogens is 2. The molecule has 7 nitrogen and oxygen atoms in total. The highest BCUT2D eigenvalue weighted by atomic mass is 16.5. The van der Waals surface area contributed by atoms with E-state index < -0.39 is 0 Å². The quantitative estimate of drug-likeness (QED) is 0.608. The summed E-state index contributed by atoms with van der Waals surface area (Å²) in [6, 6.07) is 7.42. The SMILES string of the molecule is CCCCN1C(=O)CCC(C(=O)NCCCn2ccnc2)C1c1ccccc1OC. The minimum atomic E-state index is -0.303. The number of methoxy groups -OCH3 is 1. The molecule has 7 heteroatoms. The Kier molecular flexibility index (Phi) is 7.88. The highest BCUT2D eigenvalue weighted by Gasteiger charge is 2.41. The number of rotatable bonds is 10. The molecule has 0 bridgehead atoms. The molecule has 1 fully saturated rings. The van der Waals surface area contributed by atoms with Crippen molar-refractivity contribution in [1.82, 2.24) is 19.8 Å². The molecule has 1 aromatic heterocycles. The van der Waals surface area contributed by atoms with Crippen LogP contribution >= 0.6 is 0 Å². The summed E-state index contributed by atoms with van der Waals surface area (Å²) in [5.41, 5.74) is 0.905. The van der Waals surface area contributed by atoms with Gasteiger partial charge in [-0.15, -0.1) is 0 Å². The molecule has 162 valence electrons. The molecule has 1 saturated heterocycles. The van der Waals surface area contributed by atoms with Crippen LogP contribution in [0.15, 0.2) is 43.0 Å². The first-order chi connectivity index (χ1) is 14.7. The topological polar surface area (TPSA) is 76.5 Å². The number of ether oxygens (including phenoxy) is 1. The average Bonchev–Trinajstić information content (AvgIpc) is 3.29. The van der Waals surface area contributed by atoms with E-state index in [1.165, 1.54) is 0 Å². The third kappa shape index (κ3) is 5.20. The molecule has 1 N–H and O–H groups in total. The van der Waals surface area contributed by atoms with Gasteiger partial charge in [0, 0.05) is 44.0 Å². The summed E-state index contributed by atoms with van der Waals surface area (Å²) >= 11 is 0. The Balaban J connectivity index is 1.75. The lowest BCUT2D eigenvalue weighted by molar-refractivity contribution is -0.143. The number of likely N-dealkylation sites (tertiary alicyclic amines) is 1. The van der Waals surface area contributed by atoms with Gasteiger partial charge < -0.3 is 19.5 Å². The lowest BCUT2D eigenvalue weighted by Crippen LogP contribution is -2.48. The number of aryl methyl sites for hydroxylation is 1. The first kappa shape index (κ1) is 21.9. The lowest BCUT2D eigenvalue weighted by atomic mass is 9.83. The van der Waals surface area contributed by atoms with Gasteiger partial charge in [-0.25, -0.2) is 4.98 Å². The zero-order chi connectivity index (χ0) is 21.3. The Bertz CT molecular complexity index is 822. The molecule has 1 aliphatic heterocycles. The van der Waals surface area contributed by atoms with Gasteiger partial charge in [-0.05, 0) is 25.3 Å². The van der Waals surface area contributed by atoms with Crippen LogP contribution in [0.5, 0.6) is 5.75 Å². The molecule has 2 aromatic rings. The predicted molar refractivity (Wildman–Crippen MR) is 115 cm³/mol. The first-order valence-electron chi connectivity index (χ1n) is 10.8. The Labute approximate surface area is 178 Å². The number of imidazole rings is 1. The third-order valence-electron chi connectivity index (χ3n) is 5.70. The number of hydrogen-bond acceptors (Lipinski definition) is 4. The van der Waals surface area contributed by atoms with Crippen LogP contribution in [0.2, 0.25) is 0 Å². The molecule has 2 unspecified atom stereocenters. The number of piperidine rings is 1. The predicted octanol–water partition coefficient (Wildman–Crippen LogP) is 3.18. The van der Waals surface area contributed by atoms with Crippen LogP contribution in [0.1, 0.15) is 50.6 Å². The molecule has 3 rings (SSSR count). The van der Waals surface area contributed by atoms with Crippen molar-refractivity contribution in [3.8, 4) is 5.75 Å². The van der Waals surface area contributed by atoms with Gasteiger partial charge in [-0.1, -0.05) is 31.5 Å². The normalized spacial score (nSPS) is 19.0. The number of carbonyl (C=O) groups is 2. The van der Waals surface area contributed by atoms with E-state index in [1.807, 2.05) is 39.9 Å². The van der Waals surface area contributed by atoms with Gasteiger partial charge in [-0.3, -0.25) is 9.59 Å². The molecule has 1 aromatic carbocycles. The van der Waals surface area contributed by atoms with E-state index in [-0.39, 0.29) is 23.8 Å². The Morgan fingerprint density at radius 1 is 1.27 bits per heavy atom. The van der Waals surface area contributed by atoms with E-state index in [9.17, 15) is 9.59 Å². The molecular formula is C23H32N4O3. The van der Waals surface area contributed by atoms with E-state index in [0.29, 0.717) is 25.9 Å². The maximum absolute atomic E-state index is 13.2. The average molecular weight is 413 g/mol. The number of benzene rings is 1. The van der Waals surface area contributed by atoms with Crippen molar-refractivity contribution in [2.75, 3.05) is 20.2 Å². The summed E-state index contributed by atoms with van der Waals surface area (Å²) in [7, 11) is 1.63. The van der Waals surface area contributed by atoms with Crippen molar-refractivity contribution in [3.05, 3.63) is 48.5 Å². The summed E-state index contributed by atoms with van der Waals surface area (Å²) in [5.74, 6) is 0.551. The minimum absolute atomic E-state index is 0.00513. The standard InChI is InChI=1S/C23H32N4O3/c1-3-4-15-27-21(28)11-10-19(22(27)18-8-5-6-9-20(18)30-2)23(29)25-12-7-14-26-16-13-24-17-26/h5-6,8-9,13,16-17,19,22H,3-4,7,10-12,14-15H2,1-2H3,(H,25,29). The highest BCUT2D eigenvalue weighted by molar-refractivity contribution is 5.85. The third-order valence-corrected chi connectivity index (χ3v) is 5.70. The number of unbranched alkanes of at least 4 members (excludes halogenated alkanes) is 1. The lowest BCUT2D eigenvalue weighted by Gasteiger charge is -2.41. The number of nitrogens with zero attached hydrogens (tertiary/aromatic N) is 3. The van der Waals surface area contributed by atoms with Crippen molar-refractivity contribution in [3.63, 3.8) is 0 Å². The number of carbonyl (C=O) groups excluding carboxylic acids is 2. The summed E-state index contributed by atoms with van der Waals surface area (Å²) in [4.78, 5) is 31.9. The Hall–Kier alpha value is -2.83. The fourth-order valence-electron chi connectivity index (χ4n) is 4.14. The molecule has 1 aliphatic rings. The summed E-state index contributed by atoms with van der Waals surface area (Å²) < 4.78 is 7.57.